The summed E-state index contributed by atoms with van der Waals surface area (Å²) in [5.41, 5.74) is 0.789. The van der Waals surface area contributed by atoms with E-state index in [4.69, 9.17) is 0 Å². The lowest BCUT2D eigenvalue weighted by Gasteiger charge is -2.72. The highest BCUT2D eigenvalue weighted by Gasteiger charge is 2.70. The van der Waals surface area contributed by atoms with Crippen molar-refractivity contribution < 1.29 is 20.1 Å². The van der Waals surface area contributed by atoms with Crippen molar-refractivity contribution in [2.24, 2.45) is 50.2 Å². The third-order valence-corrected chi connectivity index (χ3v) is 13.4. The van der Waals surface area contributed by atoms with Gasteiger partial charge < -0.3 is 15.3 Å². The average molecular weight is 473 g/mol. The second kappa shape index (κ2) is 7.12. The predicted octanol–water partition coefficient (Wildman–Crippen LogP) is 6.20. The molecule has 4 heteroatoms. The van der Waals surface area contributed by atoms with Gasteiger partial charge >= 0.3 is 5.97 Å². The summed E-state index contributed by atoms with van der Waals surface area (Å²) in [6.07, 6.45) is 10.0. The molecule has 34 heavy (non-hydrogen) atoms. The maximum Gasteiger partial charge on any atom is 0.309 e. The van der Waals surface area contributed by atoms with Crippen LogP contribution in [-0.2, 0) is 4.79 Å². The van der Waals surface area contributed by atoms with Crippen LogP contribution in [0.1, 0.15) is 106 Å². The predicted molar refractivity (Wildman–Crippen MR) is 134 cm³/mol. The Morgan fingerprint density at radius 3 is 2.18 bits per heavy atom. The van der Waals surface area contributed by atoms with Crippen LogP contribution in [-0.4, -0.2) is 33.5 Å². The molecule has 5 aliphatic rings. The lowest BCUT2D eigenvalue weighted by atomic mass is 9.33. The van der Waals surface area contributed by atoms with Crippen molar-refractivity contribution in [3.05, 3.63) is 11.6 Å². The van der Waals surface area contributed by atoms with E-state index in [2.05, 4.69) is 47.6 Å². The molecule has 0 heterocycles. The Kier molecular flexibility index (Phi) is 5.20. The summed E-state index contributed by atoms with van der Waals surface area (Å²) in [6.45, 7) is 16.1. The topological polar surface area (TPSA) is 77.8 Å². The number of hydrogen-bond acceptors (Lipinski definition) is 3. The van der Waals surface area contributed by atoms with Crippen LogP contribution in [0.5, 0.6) is 0 Å². The third-order valence-electron chi connectivity index (χ3n) is 13.4. The first kappa shape index (κ1) is 24.8. The number of fused-ring (bicyclic) bond motifs is 7. The minimum Gasteiger partial charge on any atom is -0.481 e. The van der Waals surface area contributed by atoms with Crippen molar-refractivity contribution in [2.45, 2.75) is 118 Å². The molecular weight excluding hydrogens is 424 g/mol. The number of carboxylic acids is 1. The number of hydrogen-bond donors (Lipinski definition) is 3. The number of rotatable bonds is 1. The molecule has 0 spiro atoms. The van der Waals surface area contributed by atoms with E-state index in [-0.39, 0.29) is 27.1 Å². The molecule has 4 saturated carbocycles. The minimum absolute atomic E-state index is 0.0325. The summed E-state index contributed by atoms with van der Waals surface area (Å²) in [6, 6.07) is 0. The van der Waals surface area contributed by atoms with Crippen molar-refractivity contribution >= 4 is 5.97 Å². The van der Waals surface area contributed by atoms with E-state index in [0.717, 1.165) is 51.4 Å². The second-order valence-electron chi connectivity index (χ2n) is 15.0. The minimum atomic E-state index is -0.638. The van der Waals surface area contributed by atoms with Gasteiger partial charge in [0.2, 0.25) is 0 Å². The molecule has 4 fully saturated rings. The van der Waals surface area contributed by atoms with Crippen LogP contribution < -0.4 is 0 Å². The lowest BCUT2D eigenvalue weighted by Crippen LogP contribution is -2.68. The maximum absolute atomic E-state index is 12.2. The molecule has 5 rings (SSSR count). The van der Waals surface area contributed by atoms with Gasteiger partial charge in [0.25, 0.3) is 0 Å². The van der Waals surface area contributed by atoms with Crippen LogP contribution >= 0.6 is 0 Å². The quantitative estimate of drug-likeness (QED) is 0.397. The Bertz CT molecular complexity index is 923. The normalized spacial score (nSPS) is 56.3. The highest BCUT2D eigenvalue weighted by Crippen LogP contribution is 2.75. The fourth-order valence-corrected chi connectivity index (χ4v) is 10.5. The van der Waals surface area contributed by atoms with E-state index in [9.17, 15) is 20.1 Å². The first-order chi connectivity index (χ1) is 15.6. The van der Waals surface area contributed by atoms with Crippen LogP contribution in [0.25, 0.3) is 0 Å². The molecule has 0 aromatic carbocycles. The number of aliphatic hydroxyl groups excluding tert-OH is 2. The molecule has 5 aliphatic carbocycles. The monoisotopic (exact) mass is 472 g/mol. The number of aliphatic carboxylic acids is 1. The largest absolute Gasteiger partial charge is 0.481 e. The molecule has 0 aromatic heterocycles. The molecule has 3 N–H and O–H groups in total. The maximum atomic E-state index is 12.2. The van der Waals surface area contributed by atoms with Gasteiger partial charge in [0.1, 0.15) is 0 Å². The smallest absolute Gasteiger partial charge is 0.309 e. The number of aliphatic hydroxyl groups is 2. The van der Waals surface area contributed by atoms with E-state index < -0.39 is 23.6 Å². The van der Waals surface area contributed by atoms with Gasteiger partial charge in [-0.3, -0.25) is 4.79 Å². The van der Waals surface area contributed by atoms with Crippen LogP contribution in [0.2, 0.25) is 0 Å². The molecule has 0 aliphatic heterocycles. The molecule has 0 bridgehead atoms. The Balaban J connectivity index is 1.59. The summed E-state index contributed by atoms with van der Waals surface area (Å²) >= 11 is 0. The van der Waals surface area contributed by atoms with Gasteiger partial charge in [0.05, 0.1) is 17.6 Å². The Morgan fingerprint density at radius 1 is 0.882 bits per heavy atom. The third kappa shape index (κ3) is 2.82. The van der Waals surface area contributed by atoms with Crippen molar-refractivity contribution in [3.8, 4) is 0 Å². The van der Waals surface area contributed by atoms with E-state index >= 15 is 0 Å². The van der Waals surface area contributed by atoms with Crippen LogP contribution in [0.4, 0.5) is 0 Å². The Hall–Kier alpha value is -0.870. The molecule has 4 nitrogen and oxygen atoms in total. The molecule has 0 amide bonds. The zero-order valence-electron chi connectivity index (χ0n) is 22.6. The van der Waals surface area contributed by atoms with E-state index in [0.29, 0.717) is 24.2 Å². The summed E-state index contributed by atoms with van der Waals surface area (Å²) in [5, 5.41) is 32.5. The second-order valence-corrected chi connectivity index (χ2v) is 15.0. The van der Waals surface area contributed by atoms with Gasteiger partial charge in [0.15, 0.2) is 0 Å². The van der Waals surface area contributed by atoms with Crippen molar-refractivity contribution in [1.29, 1.82) is 0 Å². The van der Waals surface area contributed by atoms with Gasteiger partial charge in [-0.1, -0.05) is 53.2 Å². The fourth-order valence-electron chi connectivity index (χ4n) is 10.5. The first-order valence-electron chi connectivity index (χ1n) is 13.9. The van der Waals surface area contributed by atoms with Crippen LogP contribution in [0, 0.1) is 50.2 Å². The number of carboxylic acid groups (broad SMARTS) is 1. The Morgan fingerprint density at radius 2 is 1.53 bits per heavy atom. The van der Waals surface area contributed by atoms with E-state index in [1.54, 1.807) is 5.57 Å². The molecule has 192 valence electrons. The van der Waals surface area contributed by atoms with E-state index in [1.165, 1.54) is 0 Å². The standard InChI is InChI=1S/C30H48O4/c1-25(2)20-10-11-29(6)21(30(20,7)23(32)16-22(25)31)9-8-18-19-17-27(4,24(33)34)13-12-26(19,3)14-15-28(18,29)5/h8,19-23,31-32H,9-17H2,1-7H3,(H,33,34)/t19-,20-,21-,22-,23-,26+,27-,28+,29+,30-/m0/s1. The fraction of sp³-hybridized carbons (Fsp3) is 0.900. The van der Waals surface area contributed by atoms with Gasteiger partial charge in [-0.15, -0.1) is 0 Å². The van der Waals surface area contributed by atoms with Crippen molar-refractivity contribution in [2.75, 3.05) is 0 Å². The molecule has 10 atom stereocenters. The SMILES string of the molecule is CC1(C)[C@@H](O)C[C@H](O)[C@]2(C)[C@H]3CC=C4[C@@H]5C[C@@](C)(C(=O)O)CC[C@]5(C)CC[C@@]4(C)[C@]3(C)CC[C@@H]12. The molecule has 0 unspecified atom stereocenters. The van der Waals surface area contributed by atoms with Gasteiger partial charge in [-0.25, -0.2) is 0 Å². The highest BCUT2D eigenvalue weighted by atomic mass is 16.4. The lowest BCUT2D eigenvalue weighted by molar-refractivity contribution is -0.243. The Labute approximate surface area is 206 Å². The number of allylic oxidation sites excluding steroid dienone is 2. The molecule has 0 aromatic rings. The summed E-state index contributed by atoms with van der Waals surface area (Å²) in [4.78, 5) is 12.2. The van der Waals surface area contributed by atoms with Crippen molar-refractivity contribution in [3.63, 3.8) is 0 Å². The van der Waals surface area contributed by atoms with Gasteiger partial charge in [0, 0.05) is 11.8 Å². The van der Waals surface area contributed by atoms with E-state index in [1.807, 2.05) is 6.92 Å². The first-order valence-corrected chi connectivity index (χ1v) is 13.9. The summed E-state index contributed by atoms with van der Waals surface area (Å²) in [5.74, 6) is 0.364. The molecule has 0 radical (unpaired) electrons. The van der Waals surface area contributed by atoms with Crippen molar-refractivity contribution in [1.82, 2.24) is 0 Å². The zero-order chi connectivity index (χ0) is 25.1. The highest BCUT2D eigenvalue weighted by molar-refractivity contribution is 5.74. The number of carbonyl (C=O) groups is 1. The zero-order valence-corrected chi connectivity index (χ0v) is 22.6. The molecule has 0 saturated heterocycles. The van der Waals surface area contributed by atoms with Crippen LogP contribution in [0.3, 0.4) is 0 Å². The molecular formula is C30H48O4. The van der Waals surface area contributed by atoms with Crippen LogP contribution in [0.15, 0.2) is 11.6 Å². The van der Waals surface area contributed by atoms with Gasteiger partial charge in [-0.05, 0) is 97.7 Å². The average Bonchev–Trinajstić information content (AvgIpc) is 2.74. The van der Waals surface area contributed by atoms with Gasteiger partial charge in [-0.2, -0.15) is 0 Å². The summed E-state index contributed by atoms with van der Waals surface area (Å²) in [7, 11) is 0. The summed E-state index contributed by atoms with van der Waals surface area (Å²) < 4.78 is 0.